The van der Waals surface area contributed by atoms with Gasteiger partial charge in [-0.3, -0.25) is 4.79 Å². The van der Waals surface area contributed by atoms with Crippen molar-refractivity contribution in [2.75, 3.05) is 5.73 Å². The number of nitrogens with two attached hydrogens (primary N) is 1. The first kappa shape index (κ1) is 17.4. The van der Waals surface area contributed by atoms with Crippen LogP contribution in [-0.4, -0.2) is 22.2 Å². The quantitative estimate of drug-likeness (QED) is 0.249. The lowest BCUT2D eigenvalue weighted by molar-refractivity contribution is 0.0955. The number of rotatable bonds is 4. The molecule has 0 unspecified atom stereocenters. The van der Waals surface area contributed by atoms with Crippen molar-refractivity contribution in [3.05, 3.63) is 83.9 Å². The summed E-state index contributed by atoms with van der Waals surface area (Å²) in [6.07, 6.45) is 1.62. The molecule has 0 saturated carbocycles. The lowest BCUT2D eigenvalue weighted by atomic mass is 10.1. The molecule has 0 aliphatic carbocycles. The molecule has 0 saturated heterocycles. The predicted molar refractivity (Wildman–Crippen MR) is 111 cm³/mol. The minimum absolute atomic E-state index is 0.200. The van der Waals surface area contributed by atoms with Gasteiger partial charge in [0.05, 0.1) is 11.9 Å². The maximum absolute atomic E-state index is 12.2. The highest BCUT2D eigenvalue weighted by Crippen LogP contribution is 2.30. The normalized spacial score (nSPS) is 11.1. The monoisotopic (exact) mass is 370 g/mol. The Morgan fingerprint density at radius 1 is 1.00 bits per heavy atom. The van der Waals surface area contributed by atoms with Gasteiger partial charge < -0.3 is 15.8 Å². The number of fused-ring (bicyclic) bond motifs is 1. The fraction of sp³-hybridized carbons (Fsp3) is 0. The number of para-hydroxylation sites is 1. The Bertz CT molecular complexity index is 1160. The van der Waals surface area contributed by atoms with Crippen molar-refractivity contribution in [2.24, 2.45) is 5.10 Å². The number of nitrogens with one attached hydrogen (secondary N) is 2. The van der Waals surface area contributed by atoms with Crippen LogP contribution >= 0.6 is 0 Å². The fourth-order valence-corrected chi connectivity index (χ4v) is 3.01. The highest BCUT2D eigenvalue weighted by atomic mass is 16.3. The average molecular weight is 370 g/mol. The second-order valence-electron chi connectivity index (χ2n) is 6.33. The highest BCUT2D eigenvalue weighted by molar-refractivity contribution is 6.06. The molecule has 1 amide bonds. The Morgan fingerprint density at radius 3 is 2.46 bits per heavy atom. The first-order valence-corrected chi connectivity index (χ1v) is 8.71. The Kier molecular flexibility index (Phi) is 4.51. The number of benzene rings is 3. The van der Waals surface area contributed by atoms with Crippen LogP contribution in [0.15, 0.2) is 77.9 Å². The molecule has 0 bridgehead atoms. The molecule has 4 aromatic rings. The third-order valence-corrected chi connectivity index (χ3v) is 4.43. The number of hydrazone groups is 1. The van der Waals surface area contributed by atoms with Gasteiger partial charge >= 0.3 is 0 Å². The summed E-state index contributed by atoms with van der Waals surface area (Å²) in [6.45, 7) is 0. The number of hydrogen-bond acceptors (Lipinski definition) is 4. The Hall–Kier alpha value is -4.06. The molecule has 6 heteroatoms. The standard InChI is InChI=1S/C22H18N4O2/c23-16-9-5-15(6-10-16)22(28)26-24-13-19-18-3-1-2-4-20(18)25-21(19)14-7-11-17(27)12-8-14/h1-13,25,27H,23H2,(H,26,28)/b24-13+. The van der Waals surface area contributed by atoms with E-state index in [0.717, 1.165) is 27.7 Å². The molecule has 138 valence electrons. The predicted octanol–water partition coefficient (Wildman–Crippen LogP) is 3.89. The van der Waals surface area contributed by atoms with Crippen molar-refractivity contribution >= 4 is 28.7 Å². The minimum Gasteiger partial charge on any atom is -0.508 e. The summed E-state index contributed by atoms with van der Waals surface area (Å²) in [7, 11) is 0. The SMILES string of the molecule is Nc1ccc(C(=O)N/N=C/c2c(-c3ccc(O)cc3)[nH]c3ccccc23)cc1. The van der Waals surface area contributed by atoms with E-state index in [0.29, 0.717) is 11.3 Å². The van der Waals surface area contributed by atoms with Gasteiger partial charge in [-0.15, -0.1) is 0 Å². The van der Waals surface area contributed by atoms with Gasteiger partial charge in [0.15, 0.2) is 0 Å². The van der Waals surface area contributed by atoms with Gasteiger partial charge in [-0.25, -0.2) is 5.43 Å². The third kappa shape index (κ3) is 3.43. The topological polar surface area (TPSA) is 104 Å². The van der Waals surface area contributed by atoms with Gasteiger partial charge in [-0.05, 0) is 60.2 Å². The summed E-state index contributed by atoms with van der Waals surface area (Å²) in [5.41, 5.74) is 12.8. The molecule has 0 atom stereocenters. The molecule has 1 heterocycles. The molecule has 0 aliphatic heterocycles. The number of nitrogen functional groups attached to an aromatic ring is 1. The van der Waals surface area contributed by atoms with Crippen LogP contribution in [0.3, 0.4) is 0 Å². The Morgan fingerprint density at radius 2 is 1.71 bits per heavy atom. The number of amides is 1. The second kappa shape index (κ2) is 7.28. The van der Waals surface area contributed by atoms with Gasteiger partial charge in [0, 0.05) is 27.7 Å². The molecule has 0 radical (unpaired) electrons. The molecule has 4 rings (SSSR count). The Balaban J connectivity index is 1.66. The van der Waals surface area contributed by atoms with Crippen molar-refractivity contribution in [1.29, 1.82) is 0 Å². The maximum Gasteiger partial charge on any atom is 0.271 e. The number of aromatic amines is 1. The molecule has 1 aromatic heterocycles. The number of carbonyl (C=O) groups excluding carboxylic acids is 1. The fourth-order valence-electron chi connectivity index (χ4n) is 3.01. The van der Waals surface area contributed by atoms with Gasteiger partial charge in [0.1, 0.15) is 5.75 Å². The summed E-state index contributed by atoms with van der Waals surface area (Å²) in [5.74, 6) is -0.117. The van der Waals surface area contributed by atoms with Crippen LogP contribution in [-0.2, 0) is 0 Å². The second-order valence-corrected chi connectivity index (χ2v) is 6.33. The van der Waals surface area contributed by atoms with Gasteiger partial charge in [0.25, 0.3) is 5.91 Å². The molecule has 5 N–H and O–H groups in total. The molecular weight excluding hydrogens is 352 g/mol. The number of phenols is 1. The van der Waals surface area contributed by atoms with E-state index in [1.807, 2.05) is 36.4 Å². The van der Waals surface area contributed by atoms with Crippen molar-refractivity contribution in [3.8, 4) is 17.0 Å². The van der Waals surface area contributed by atoms with Crippen molar-refractivity contribution in [1.82, 2.24) is 10.4 Å². The lowest BCUT2D eigenvalue weighted by Crippen LogP contribution is -2.17. The van der Waals surface area contributed by atoms with E-state index in [1.54, 1.807) is 42.6 Å². The van der Waals surface area contributed by atoms with Crippen LogP contribution in [0.1, 0.15) is 15.9 Å². The van der Waals surface area contributed by atoms with Gasteiger partial charge in [-0.1, -0.05) is 18.2 Å². The van der Waals surface area contributed by atoms with Crippen molar-refractivity contribution in [3.63, 3.8) is 0 Å². The Labute approximate surface area is 161 Å². The number of aromatic hydroxyl groups is 1. The van der Waals surface area contributed by atoms with Crippen molar-refractivity contribution in [2.45, 2.75) is 0 Å². The zero-order valence-corrected chi connectivity index (χ0v) is 14.9. The summed E-state index contributed by atoms with van der Waals surface area (Å²) < 4.78 is 0. The number of phenolic OH excluding ortho intramolecular Hbond substituents is 1. The van der Waals surface area contributed by atoms with Gasteiger partial charge in [-0.2, -0.15) is 5.10 Å². The zero-order valence-electron chi connectivity index (χ0n) is 14.9. The number of aromatic nitrogens is 1. The third-order valence-electron chi connectivity index (χ3n) is 4.43. The maximum atomic E-state index is 12.2. The summed E-state index contributed by atoms with van der Waals surface area (Å²) >= 11 is 0. The van der Waals surface area contributed by atoms with Crippen LogP contribution in [0.2, 0.25) is 0 Å². The number of anilines is 1. The smallest absolute Gasteiger partial charge is 0.271 e. The van der Waals surface area contributed by atoms with Crippen LogP contribution in [0, 0.1) is 0 Å². The number of hydrogen-bond donors (Lipinski definition) is 4. The largest absolute Gasteiger partial charge is 0.508 e. The minimum atomic E-state index is -0.317. The van der Waals surface area contributed by atoms with E-state index in [9.17, 15) is 9.90 Å². The van der Waals surface area contributed by atoms with Crippen LogP contribution in [0.5, 0.6) is 5.75 Å². The highest BCUT2D eigenvalue weighted by Gasteiger charge is 2.12. The summed E-state index contributed by atoms with van der Waals surface area (Å²) in [6, 6.07) is 21.4. The van der Waals surface area contributed by atoms with E-state index < -0.39 is 0 Å². The molecule has 3 aromatic carbocycles. The molecule has 0 aliphatic rings. The first-order chi connectivity index (χ1) is 13.6. The zero-order chi connectivity index (χ0) is 19.5. The van der Waals surface area contributed by atoms with Crippen LogP contribution in [0.4, 0.5) is 5.69 Å². The van der Waals surface area contributed by atoms with E-state index in [-0.39, 0.29) is 11.7 Å². The summed E-state index contributed by atoms with van der Waals surface area (Å²) in [5, 5.41) is 14.7. The molecule has 0 fully saturated rings. The average Bonchev–Trinajstić information content (AvgIpc) is 3.08. The van der Waals surface area contributed by atoms with Crippen molar-refractivity contribution < 1.29 is 9.90 Å². The van der Waals surface area contributed by atoms with Crippen LogP contribution in [0.25, 0.3) is 22.2 Å². The molecule has 28 heavy (non-hydrogen) atoms. The molecular formula is C22H18N4O2. The van der Waals surface area contributed by atoms with E-state index in [4.69, 9.17) is 5.73 Å². The van der Waals surface area contributed by atoms with Gasteiger partial charge in [0.2, 0.25) is 0 Å². The molecule has 6 nitrogen and oxygen atoms in total. The molecule has 0 spiro atoms. The summed E-state index contributed by atoms with van der Waals surface area (Å²) in [4.78, 5) is 15.6. The first-order valence-electron chi connectivity index (χ1n) is 8.71. The van der Waals surface area contributed by atoms with E-state index >= 15 is 0 Å². The van der Waals surface area contributed by atoms with E-state index in [1.165, 1.54) is 0 Å². The number of carbonyl (C=O) groups is 1. The lowest BCUT2D eigenvalue weighted by Gasteiger charge is -2.03. The number of H-pyrrole nitrogens is 1. The van der Waals surface area contributed by atoms with E-state index in [2.05, 4.69) is 15.5 Å². The van der Waals surface area contributed by atoms with Crippen LogP contribution < -0.4 is 11.2 Å². The number of nitrogens with zero attached hydrogens (tertiary/aromatic N) is 1.